The van der Waals surface area contributed by atoms with Crippen molar-refractivity contribution in [1.29, 1.82) is 0 Å². The van der Waals surface area contributed by atoms with Crippen LogP contribution in [0.2, 0.25) is 0 Å². The Morgan fingerprint density at radius 3 is 2.40 bits per heavy atom. The van der Waals surface area contributed by atoms with Gasteiger partial charge in [0, 0.05) is 17.8 Å². The van der Waals surface area contributed by atoms with Crippen LogP contribution in [0.4, 0.5) is 5.69 Å². The molecule has 1 aliphatic carbocycles. The van der Waals surface area contributed by atoms with Crippen molar-refractivity contribution < 1.29 is 9.59 Å². The third kappa shape index (κ3) is 4.26. The zero-order chi connectivity index (χ0) is 14.4. The minimum Gasteiger partial charge on any atom is -0.399 e. The van der Waals surface area contributed by atoms with Crippen molar-refractivity contribution in [3.8, 4) is 0 Å². The van der Waals surface area contributed by atoms with Crippen molar-refractivity contribution in [3.05, 3.63) is 29.8 Å². The van der Waals surface area contributed by atoms with Crippen LogP contribution >= 0.6 is 0 Å². The fraction of sp³-hybridized carbons (Fsp3) is 0.467. The first kappa shape index (κ1) is 14.4. The number of benzene rings is 1. The normalized spacial score (nSPS) is 15.0. The highest BCUT2D eigenvalue weighted by atomic mass is 16.2. The molecule has 1 fully saturated rings. The van der Waals surface area contributed by atoms with Gasteiger partial charge in [0.05, 0.1) is 6.54 Å². The van der Waals surface area contributed by atoms with E-state index in [-0.39, 0.29) is 18.4 Å². The average molecular weight is 275 g/mol. The van der Waals surface area contributed by atoms with Crippen LogP contribution in [0.15, 0.2) is 24.3 Å². The van der Waals surface area contributed by atoms with Gasteiger partial charge in [-0.15, -0.1) is 0 Å². The Labute approximate surface area is 118 Å². The molecule has 1 saturated carbocycles. The first-order valence-electron chi connectivity index (χ1n) is 7.05. The molecule has 4 N–H and O–H groups in total. The number of carbonyl (C=O) groups excluding carboxylic acids is 2. The van der Waals surface area contributed by atoms with E-state index in [9.17, 15) is 9.59 Å². The highest BCUT2D eigenvalue weighted by Gasteiger charge is 2.15. The zero-order valence-electron chi connectivity index (χ0n) is 11.5. The highest BCUT2D eigenvalue weighted by molar-refractivity contribution is 5.96. The molecule has 0 saturated heterocycles. The maximum Gasteiger partial charge on any atom is 0.251 e. The fourth-order valence-electron chi connectivity index (χ4n) is 2.43. The molecule has 0 spiro atoms. The molecule has 0 aromatic heterocycles. The Hall–Kier alpha value is -2.04. The third-order valence-electron chi connectivity index (χ3n) is 3.65. The van der Waals surface area contributed by atoms with Crippen molar-refractivity contribution in [1.82, 2.24) is 10.6 Å². The van der Waals surface area contributed by atoms with E-state index in [1.165, 1.54) is 25.7 Å². The summed E-state index contributed by atoms with van der Waals surface area (Å²) in [5, 5.41) is 5.47. The molecule has 1 aromatic rings. The Morgan fingerprint density at radius 1 is 1.10 bits per heavy atom. The maximum absolute atomic E-state index is 11.8. The number of rotatable bonds is 5. The second-order valence-corrected chi connectivity index (χ2v) is 5.26. The topological polar surface area (TPSA) is 84.2 Å². The molecule has 0 radical (unpaired) electrons. The molecule has 0 bridgehead atoms. The van der Waals surface area contributed by atoms with Crippen LogP contribution in [0.3, 0.4) is 0 Å². The summed E-state index contributed by atoms with van der Waals surface area (Å²) >= 11 is 0. The molecule has 2 rings (SSSR count). The summed E-state index contributed by atoms with van der Waals surface area (Å²) in [6.07, 6.45) is 4.90. The summed E-state index contributed by atoms with van der Waals surface area (Å²) in [5.41, 5.74) is 6.66. The number of nitrogens with one attached hydrogen (secondary N) is 2. The molecule has 0 aliphatic heterocycles. The lowest BCUT2D eigenvalue weighted by atomic mass is 10.1. The van der Waals surface area contributed by atoms with Crippen LogP contribution in [-0.2, 0) is 4.79 Å². The fourth-order valence-corrected chi connectivity index (χ4v) is 2.43. The Balaban J connectivity index is 1.69. The second-order valence-electron chi connectivity index (χ2n) is 5.26. The second kappa shape index (κ2) is 6.93. The number of carbonyl (C=O) groups is 2. The first-order valence-corrected chi connectivity index (χ1v) is 7.05. The van der Waals surface area contributed by atoms with E-state index in [4.69, 9.17) is 5.73 Å². The Kier molecular flexibility index (Phi) is 4.98. The summed E-state index contributed by atoms with van der Waals surface area (Å²) < 4.78 is 0. The Bertz CT molecular complexity index is 465. The lowest BCUT2D eigenvalue weighted by Gasteiger charge is -2.11. The number of hydrogen-bond acceptors (Lipinski definition) is 3. The Morgan fingerprint density at radius 2 is 1.75 bits per heavy atom. The lowest BCUT2D eigenvalue weighted by molar-refractivity contribution is -0.120. The van der Waals surface area contributed by atoms with E-state index in [0.717, 1.165) is 6.54 Å². The van der Waals surface area contributed by atoms with E-state index in [1.807, 2.05) is 0 Å². The summed E-state index contributed by atoms with van der Waals surface area (Å²) in [6.45, 7) is 0.729. The minimum absolute atomic E-state index is 0.00985. The standard InChI is InChI=1S/C15H21N3O2/c16-13-7-5-12(6-8-13)15(20)18-10-14(19)17-9-11-3-1-2-4-11/h5-8,11H,1-4,9-10,16H2,(H,17,19)(H,18,20). The van der Waals surface area contributed by atoms with Gasteiger partial charge in [-0.3, -0.25) is 9.59 Å². The molecule has 0 heterocycles. The highest BCUT2D eigenvalue weighted by Crippen LogP contribution is 2.23. The van der Waals surface area contributed by atoms with Crippen LogP contribution in [0.5, 0.6) is 0 Å². The quantitative estimate of drug-likeness (QED) is 0.708. The van der Waals surface area contributed by atoms with E-state index in [0.29, 0.717) is 17.2 Å². The van der Waals surface area contributed by atoms with Crippen molar-refractivity contribution in [2.75, 3.05) is 18.8 Å². The number of hydrogen-bond donors (Lipinski definition) is 3. The molecule has 2 amide bonds. The molecule has 1 aromatic carbocycles. The van der Waals surface area contributed by atoms with E-state index < -0.39 is 0 Å². The molecule has 5 heteroatoms. The summed E-state index contributed by atoms with van der Waals surface area (Å²) in [6, 6.07) is 6.60. The van der Waals surface area contributed by atoms with Gasteiger partial charge in [0.1, 0.15) is 0 Å². The van der Waals surface area contributed by atoms with Gasteiger partial charge < -0.3 is 16.4 Å². The molecule has 108 valence electrons. The molecule has 0 atom stereocenters. The van der Waals surface area contributed by atoms with Gasteiger partial charge in [-0.05, 0) is 43.0 Å². The smallest absolute Gasteiger partial charge is 0.251 e. The van der Waals surface area contributed by atoms with Crippen LogP contribution in [0.1, 0.15) is 36.0 Å². The third-order valence-corrected chi connectivity index (χ3v) is 3.65. The van der Waals surface area contributed by atoms with Gasteiger partial charge in [-0.2, -0.15) is 0 Å². The van der Waals surface area contributed by atoms with Gasteiger partial charge in [0.25, 0.3) is 5.91 Å². The maximum atomic E-state index is 11.8. The largest absolute Gasteiger partial charge is 0.399 e. The number of nitrogen functional groups attached to an aromatic ring is 1. The molecule has 20 heavy (non-hydrogen) atoms. The number of amides is 2. The lowest BCUT2D eigenvalue weighted by Crippen LogP contribution is -2.38. The minimum atomic E-state index is -0.263. The molecule has 5 nitrogen and oxygen atoms in total. The predicted octanol–water partition coefficient (Wildman–Crippen LogP) is 1.30. The van der Waals surface area contributed by atoms with Gasteiger partial charge in [-0.25, -0.2) is 0 Å². The van der Waals surface area contributed by atoms with Gasteiger partial charge in [0.15, 0.2) is 0 Å². The summed E-state index contributed by atoms with van der Waals surface area (Å²) in [5.74, 6) is 0.202. The van der Waals surface area contributed by atoms with E-state index in [2.05, 4.69) is 10.6 Å². The molecular weight excluding hydrogens is 254 g/mol. The van der Waals surface area contributed by atoms with Crippen molar-refractivity contribution in [2.24, 2.45) is 5.92 Å². The number of nitrogens with two attached hydrogens (primary N) is 1. The van der Waals surface area contributed by atoms with Crippen LogP contribution in [0.25, 0.3) is 0 Å². The monoisotopic (exact) mass is 275 g/mol. The SMILES string of the molecule is Nc1ccc(C(=O)NCC(=O)NCC2CCCC2)cc1. The van der Waals surface area contributed by atoms with Crippen molar-refractivity contribution >= 4 is 17.5 Å². The van der Waals surface area contributed by atoms with Crippen LogP contribution < -0.4 is 16.4 Å². The molecule has 1 aliphatic rings. The van der Waals surface area contributed by atoms with Crippen molar-refractivity contribution in [2.45, 2.75) is 25.7 Å². The predicted molar refractivity (Wildman–Crippen MR) is 78.2 cm³/mol. The van der Waals surface area contributed by atoms with Crippen molar-refractivity contribution in [3.63, 3.8) is 0 Å². The van der Waals surface area contributed by atoms with E-state index in [1.54, 1.807) is 24.3 Å². The zero-order valence-corrected chi connectivity index (χ0v) is 11.5. The average Bonchev–Trinajstić information content (AvgIpc) is 2.96. The molecule has 0 unspecified atom stereocenters. The van der Waals surface area contributed by atoms with Gasteiger partial charge in [0.2, 0.25) is 5.91 Å². The van der Waals surface area contributed by atoms with E-state index >= 15 is 0 Å². The first-order chi connectivity index (χ1) is 9.65. The summed E-state index contributed by atoms with van der Waals surface area (Å²) in [7, 11) is 0. The van der Waals surface area contributed by atoms with Crippen LogP contribution in [0, 0.1) is 5.92 Å². The summed E-state index contributed by atoms with van der Waals surface area (Å²) in [4.78, 5) is 23.4. The molecular formula is C15H21N3O2. The van der Waals surface area contributed by atoms with Crippen LogP contribution in [-0.4, -0.2) is 24.9 Å². The van der Waals surface area contributed by atoms with Gasteiger partial charge >= 0.3 is 0 Å². The number of anilines is 1. The van der Waals surface area contributed by atoms with Gasteiger partial charge in [-0.1, -0.05) is 12.8 Å².